The minimum atomic E-state index is -0.272. The Morgan fingerprint density at radius 2 is 1.92 bits per heavy atom. The third kappa shape index (κ3) is 2.47. The van der Waals surface area contributed by atoms with Crippen LogP contribution >= 0.6 is 11.6 Å². The van der Waals surface area contributed by atoms with Crippen LogP contribution in [0.3, 0.4) is 0 Å². The Balaban J connectivity index is 2.68. The summed E-state index contributed by atoms with van der Waals surface area (Å²) in [4.78, 5) is 0. The zero-order valence-corrected chi connectivity index (χ0v) is 7.26. The summed E-state index contributed by atoms with van der Waals surface area (Å²) in [6.07, 6.45) is 0.493. The van der Waals surface area contributed by atoms with Crippen LogP contribution in [-0.2, 0) is 0 Å². The molecule has 1 N–H and O–H groups in total. The lowest BCUT2D eigenvalue weighted by Gasteiger charge is -2.06. The zero-order chi connectivity index (χ0) is 8.97. The monoisotopic (exact) mass is 188 g/mol. The molecule has 1 atom stereocenters. The molecule has 0 saturated heterocycles. The lowest BCUT2D eigenvalue weighted by atomic mass is 10.1. The van der Waals surface area contributed by atoms with Crippen molar-refractivity contribution in [3.8, 4) is 0 Å². The van der Waals surface area contributed by atoms with Gasteiger partial charge in [-0.15, -0.1) is 11.6 Å². The van der Waals surface area contributed by atoms with Crippen LogP contribution < -0.4 is 0 Å². The molecule has 1 unspecified atom stereocenters. The van der Waals surface area contributed by atoms with Gasteiger partial charge in [0.25, 0.3) is 0 Å². The van der Waals surface area contributed by atoms with Crippen molar-refractivity contribution in [3.05, 3.63) is 35.6 Å². The minimum absolute atomic E-state index is 0.0472. The maximum atomic E-state index is 12.4. The number of halogens is 2. The standard InChI is InChI=1S/C9H10ClFO/c10-9(5-6-12)7-1-3-8(11)4-2-7/h1-4,9,12H,5-6H2. The predicted octanol–water partition coefficient (Wildman–Crippen LogP) is 2.49. The molecule has 66 valence electrons. The van der Waals surface area contributed by atoms with Gasteiger partial charge in [0.15, 0.2) is 0 Å². The summed E-state index contributed by atoms with van der Waals surface area (Å²) in [6, 6.07) is 5.98. The second kappa shape index (κ2) is 4.43. The molecule has 0 aliphatic rings. The molecular weight excluding hydrogens is 179 g/mol. The molecule has 0 bridgehead atoms. The average Bonchev–Trinajstić information content (AvgIpc) is 2.06. The van der Waals surface area contributed by atoms with Crippen LogP contribution in [0.5, 0.6) is 0 Å². The van der Waals surface area contributed by atoms with E-state index in [4.69, 9.17) is 16.7 Å². The second-order valence-electron chi connectivity index (χ2n) is 2.53. The van der Waals surface area contributed by atoms with Crippen molar-refractivity contribution in [1.29, 1.82) is 0 Å². The quantitative estimate of drug-likeness (QED) is 0.723. The van der Waals surface area contributed by atoms with Crippen LogP contribution in [0.1, 0.15) is 17.4 Å². The van der Waals surface area contributed by atoms with Gasteiger partial charge in [-0.25, -0.2) is 4.39 Å². The molecular formula is C9H10ClFO. The summed E-state index contributed by atoms with van der Waals surface area (Å²) in [7, 11) is 0. The predicted molar refractivity (Wildman–Crippen MR) is 46.7 cm³/mol. The molecule has 0 aromatic heterocycles. The molecule has 0 aliphatic heterocycles. The van der Waals surface area contributed by atoms with Gasteiger partial charge in [-0.3, -0.25) is 0 Å². The van der Waals surface area contributed by atoms with Gasteiger partial charge in [-0.05, 0) is 24.1 Å². The van der Waals surface area contributed by atoms with Crippen LogP contribution in [-0.4, -0.2) is 11.7 Å². The summed E-state index contributed by atoms with van der Waals surface area (Å²) in [5.74, 6) is -0.272. The first-order valence-corrected chi connectivity index (χ1v) is 4.18. The van der Waals surface area contributed by atoms with E-state index < -0.39 is 0 Å². The third-order valence-corrected chi connectivity index (χ3v) is 2.08. The summed E-state index contributed by atoms with van der Waals surface area (Å²) in [5.41, 5.74) is 0.840. The van der Waals surface area contributed by atoms with E-state index in [0.717, 1.165) is 5.56 Å². The smallest absolute Gasteiger partial charge is 0.123 e. The van der Waals surface area contributed by atoms with Crippen molar-refractivity contribution in [3.63, 3.8) is 0 Å². The van der Waals surface area contributed by atoms with E-state index in [1.165, 1.54) is 12.1 Å². The third-order valence-electron chi connectivity index (χ3n) is 1.61. The minimum Gasteiger partial charge on any atom is -0.396 e. The van der Waals surface area contributed by atoms with E-state index in [2.05, 4.69) is 0 Å². The van der Waals surface area contributed by atoms with Gasteiger partial charge in [0.05, 0.1) is 5.38 Å². The van der Waals surface area contributed by atoms with Gasteiger partial charge < -0.3 is 5.11 Å². The fourth-order valence-corrected chi connectivity index (χ4v) is 1.19. The molecule has 1 aromatic carbocycles. The topological polar surface area (TPSA) is 20.2 Å². The number of hydrogen-bond acceptors (Lipinski definition) is 1. The van der Waals surface area contributed by atoms with Gasteiger partial charge in [0, 0.05) is 6.61 Å². The Bertz CT molecular complexity index is 235. The van der Waals surface area contributed by atoms with Crippen molar-refractivity contribution >= 4 is 11.6 Å². The first-order chi connectivity index (χ1) is 5.74. The van der Waals surface area contributed by atoms with Crippen molar-refractivity contribution in [2.45, 2.75) is 11.8 Å². The van der Waals surface area contributed by atoms with E-state index in [0.29, 0.717) is 6.42 Å². The molecule has 0 amide bonds. The molecule has 0 fully saturated rings. The number of aliphatic hydroxyl groups is 1. The molecule has 1 rings (SSSR count). The molecule has 12 heavy (non-hydrogen) atoms. The van der Waals surface area contributed by atoms with Crippen LogP contribution in [0.15, 0.2) is 24.3 Å². The van der Waals surface area contributed by atoms with Crippen molar-refractivity contribution in [1.82, 2.24) is 0 Å². The Kier molecular flexibility index (Phi) is 3.50. The summed E-state index contributed by atoms with van der Waals surface area (Å²) in [5, 5.41) is 8.37. The summed E-state index contributed by atoms with van der Waals surface area (Å²) in [6.45, 7) is 0.0472. The molecule has 0 radical (unpaired) electrons. The molecule has 1 nitrogen and oxygen atoms in total. The molecule has 0 spiro atoms. The number of aliphatic hydroxyl groups excluding tert-OH is 1. The number of benzene rings is 1. The van der Waals surface area contributed by atoms with Crippen molar-refractivity contribution < 1.29 is 9.50 Å². The van der Waals surface area contributed by atoms with Gasteiger partial charge in [0.2, 0.25) is 0 Å². The zero-order valence-electron chi connectivity index (χ0n) is 6.50. The highest BCUT2D eigenvalue weighted by atomic mass is 35.5. The number of hydrogen-bond donors (Lipinski definition) is 1. The van der Waals surface area contributed by atoms with E-state index >= 15 is 0 Å². The summed E-state index contributed by atoms with van der Waals surface area (Å²) < 4.78 is 12.4. The van der Waals surface area contributed by atoms with E-state index in [9.17, 15) is 4.39 Å². The molecule has 0 aliphatic carbocycles. The molecule has 1 aromatic rings. The highest BCUT2D eigenvalue weighted by Crippen LogP contribution is 2.23. The highest BCUT2D eigenvalue weighted by Gasteiger charge is 2.05. The largest absolute Gasteiger partial charge is 0.396 e. The van der Waals surface area contributed by atoms with Crippen LogP contribution in [0.4, 0.5) is 4.39 Å². The van der Waals surface area contributed by atoms with Crippen molar-refractivity contribution in [2.24, 2.45) is 0 Å². The average molecular weight is 189 g/mol. The first kappa shape index (κ1) is 9.49. The van der Waals surface area contributed by atoms with Crippen LogP contribution in [0.2, 0.25) is 0 Å². The molecule has 3 heteroatoms. The normalized spacial score (nSPS) is 12.9. The molecule has 0 saturated carbocycles. The van der Waals surface area contributed by atoms with Gasteiger partial charge in [0.1, 0.15) is 5.82 Å². The van der Waals surface area contributed by atoms with Gasteiger partial charge >= 0.3 is 0 Å². The Morgan fingerprint density at radius 3 is 2.42 bits per heavy atom. The maximum absolute atomic E-state index is 12.4. The number of alkyl halides is 1. The first-order valence-electron chi connectivity index (χ1n) is 3.74. The Morgan fingerprint density at radius 1 is 1.33 bits per heavy atom. The van der Waals surface area contributed by atoms with E-state index in [1.54, 1.807) is 12.1 Å². The summed E-state index contributed by atoms with van der Waals surface area (Å²) >= 11 is 5.88. The second-order valence-corrected chi connectivity index (χ2v) is 3.06. The lowest BCUT2D eigenvalue weighted by molar-refractivity contribution is 0.286. The fraction of sp³-hybridized carbons (Fsp3) is 0.333. The Hall–Kier alpha value is -0.600. The Labute approximate surface area is 75.8 Å². The lowest BCUT2D eigenvalue weighted by Crippen LogP contribution is -1.93. The van der Waals surface area contributed by atoms with Gasteiger partial charge in [-0.2, -0.15) is 0 Å². The SMILES string of the molecule is OCCC(Cl)c1ccc(F)cc1. The number of rotatable bonds is 3. The van der Waals surface area contributed by atoms with E-state index in [-0.39, 0.29) is 17.8 Å². The highest BCUT2D eigenvalue weighted by molar-refractivity contribution is 6.20. The van der Waals surface area contributed by atoms with Crippen molar-refractivity contribution in [2.75, 3.05) is 6.61 Å². The van der Waals surface area contributed by atoms with E-state index in [1.807, 2.05) is 0 Å². The fourth-order valence-electron chi connectivity index (χ4n) is 0.952. The van der Waals surface area contributed by atoms with Crippen LogP contribution in [0.25, 0.3) is 0 Å². The molecule has 0 heterocycles. The van der Waals surface area contributed by atoms with Crippen LogP contribution in [0, 0.1) is 5.82 Å². The maximum Gasteiger partial charge on any atom is 0.123 e. The van der Waals surface area contributed by atoms with Gasteiger partial charge in [-0.1, -0.05) is 12.1 Å².